The highest BCUT2D eigenvalue weighted by molar-refractivity contribution is 4.86. The van der Waals surface area contributed by atoms with Crippen LogP contribution in [0.2, 0.25) is 0 Å². The minimum atomic E-state index is 0.496. The molecule has 0 atom stereocenters. The molecule has 2 aliphatic rings. The van der Waals surface area contributed by atoms with E-state index in [0.717, 1.165) is 12.6 Å². The number of hydrogen-bond donors (Lipinski definition) is 1. The van der Waals surface area contributed by atoms with E-state index in [1.807, 2.05) is 0 Å². The lowest BCUT2D eigenvalue weighted by atomic mass is 9.71. The van der Waals surface area contributed by atoms with E-state index >= 15 is 0 Å². The highest BCUT2D eigenvalue weighted by Crippen LogP contribution is 2.38. The van der Waals surface area contributed by atoms with E-state index in [1.54, 1.807) is 0 Å². The van der Waals surface area contributed by atoms with Gasteiger partial charge in [-0.2, -0.15) is 0 Å². The van der Waals surface area contributed by atoms with Crippen LogP contribution in [0.25, 0.3) is 0 Å². The number of nitrogens with two attached hydrogens (primary N) is 1. The monoisotopic (exact) mass is 224 g/mol. The molecule has 2 N–H and O–H groups in total. The molecule has 2 aliphatic carbocycles. The Labute approximate surface area is 101 Å². The van der Waals surface area contributed by atoms with Crippen LogP contribution in [0, 0.1) is 5.41 Å². The molecule has 0 spiro atoms. The van der Waals surface area contributed by atoms with Gasteiger partial charge in [0.25, 0.3) is 0 Å². The van der Waals surface area contributed by atoms with Crippen molar-refractivity contribution in [2.75, 3.05) is 20.1 Å². The third-order valence-electron chi connectivity index (χ3n) is 5.04. The summed E-state index contributed by atoms with van der Waals surface area (Å²) < 4.78 is 0. The fourth-order valence-corrected chi connectivity index (χ4v) is 3.28. The number of nitrogens with zero attached hydrogens (tertiary/aromatic N) is 1. The van der Waals surface area contributed by atoms with Crippen LogP contribution in [0.3, 0.4) is 0 Å². The van der Waals surface area contributed by atoms with E-state index in [1.165, 1.54) is 64.3 Å². The van der Waals surface area contributed by atoms with Gasteiger partial charge in [-0.1, -0.05) is 25.7 Å². The Bertz CT molecular complexity index is 205. The van der Waals surface area contributed by atoms with Crippen molar-refractivity contribution in [2.45, 2.75) is 63.8 Å². The van der Waals surface area contributed by atoms with Crippen molar-refractivity contribution in [3.8, 4) is 0 Å². The lowest BCUT2D eigenvalue weighted by molar-refractivity contribution is 0.111. The van der Waals surface area contributed by atoms with Gasteiger partial charge in [-0.3, -0.25) is 0 Å². The molecule has 2 nitrogen and oxygen atoms in total. The van der Waals surface area contributed by atoms with Gasteiger partial charge < -0.3 is 10.6 Å². The van der Waals surface area contributed by atoms with E-state index in [-0.39, 0.29) is 0 Å². The SMILES string of the molecule is CN(CCC1(CN)CCCCC1)C1CCC1. The molecule has 0 heterocycles. The lowest BCUT2D eigenvalue weighted by Crippen LogP contribution is -2.41. The summed E-state index contributed by atoms with van der Waals surface area (Å²) in [6.45, 7) is 2.17. The summed E-state index contributed by atoms with van der Waals surface area (Å²) in [6.07, 6.45) is 12.6. The van der Waals surface area contributed by atoms with Crippen molar-refractivity contribution >= 4 is 0 Å². The zero-order chi connectivity index (χ0) is 11.4. The smallest absolute Gasteiger partial charge is 0.00922 e. The van der Waals surface area contributed by atoms with Gasteiger partial charge in [-0.05, 0) is 57.7 Å². The minimum Gasteiger partial charge on any atom is -0.330 e. The van der Waals surface area contributed by atoms with E-state index in [0.29, 0.717) is 5.41 Å². The molecule has 16 heavy (non-hydrogen) atoms. The molecule has 0 amide bonds. The van der Waals surface area contributed by atoms with Gasteiger partial charge in [0, 0.05) is 6.04 Å². The van der Waals surface area contributed by atoms with E-state index < -0.39 is 0 Å². The molecular formula is C14H28N2. The molecule has 2 rings (SSSR count). The highest BCUT2D eigenvalue weighted by atomic mass is 15.1. The zero-order valence-electron chi connectivity index (χ0n) is 10.9. The average Bonchev–Trinajstić information content (AvgIpc) is 2.25. The maximum atomic E-state index is 6.03. The molecular weight excluding hydrogens is 196 g/mol. The standard InChI is InChI=1S/C14H28N2/c1-16(13-6-5-7-13)11-10-14(12-15)8-3-2-4-9-14/h13H,2-12,15H2,1H3. The Morgan fingerprint density at radius 2 is 1.81 bits per heavy atom. The Morgan fingerprint density at radius 3 is 2.31 bits per heavy atom. The van der Waals surface area contributed by atoms with Crippen LogP contribution in [-0.2, 0) is 0 Å². The Balaban J connectivity index is 1.76. The molecule has 0 bridgehead atoms. The minimum absolute atomic E-state index is 0.496. The number of hydrogen-bond acceptors (Lipinski definition) is 2. The van der Waals surface area contributed by atoms with Crippen LogP contribution in [0.4, 0.5) is 0 Å². The predicted molar refractivity (Wildman–Crippen MR) is 69.5 cm³/mol. The summed E-state index contributed by atoms with van der Waals surface area (Å²) in [5, 5.41) is 0. The van der Waals surface area contributed by atoms with Crippen LogP contribution in [-0.4, -0.2) is 31.1 Å². The Hall–Kier alpha value is -0.0800. The first-order valence-corrected chi connectivity index (χ1v) is 7.16. The van der Waals surface area contributed by atoms with Crippen molar-refractivity contribution in [1.82, 2.24) is 4.90 Å². The van der Waals surface area contributed by atoms with Crippen molar-refractivity contribution in [3.63, 3.8) is 0 Å². The summed E-state index contributed by atoms with van der Waals surface area (Å²) in [7, 11) is 2.30. The molecule has 94 valence electrons. The van der Waals surface area contributed by atoms with Gasteiger partial charge in [0.1, 0.15) is 0 Å². The first-order valence-electron chi connectivity index (χ1n) is 7.16. The first kappa shape index (κ1) is 12.4. The third kappa shape index (κ3) is 2.78. The molecule has 2 fully saturated rings. The molecule has 0 aliphatic heterocycles. The van der Waals surface area contributed by atoms with Crippen LogP contribution >= 0.6 is 0 Å². The largest absolute Gasteiger partial charge is 0.330 e. The van der Waals surface area contributed by atoms with Crippen LogP contribution < -0.4 is 5.73 Å². The van der Waals surface area contributed by atoms with E-state index in [9.17, 15) is 0 Å². The molecule has 2 heteroatoms. The Kier molecular flexibility index (Phi) is 4.26. The maximum Gasteiger partial charge on any atom is 0.00922 e. The summed E-state index contributed by atoms with van der Waals surface area (Å²) in [5.41, 5.74) is 6.52. The molecule has 0 saturated heterocycles. The summed E-state index contributed by atoms with van der Waals surface area (Å²) in [4.78, 5) is 2.58. The molecule has 0 aromatic rings. The van der Waals surface area contributed by atoms with Crippen LogP contribution in [0.5, 0.6) is 0 Å². The number of rotatable bonds is 5. The summed E-state index contributed by atoms with van der Waals surface area (Å²) in [5.74, 6) is 0. The molecule has 0 aromatic carbocycles. The van der Waals surface area contributed by atoms with Crippen LogP contribution in [0.15, 0.2) is 0 Å². The summed E-state index contributed by atoms with van der Waals surface area (Å²) >= 11 is 0. The quantitative estimate of drug-likeness (QED) is 0.778. The lowest BCUT2D eigenvalue weighted by Gasteiger charge is -2.40. The second kappa shape index (κ2) is 5.50. The predicted octanol–water partition coefficient (Wildman–Crippen LogP) is 2.77. The third-order valence-corrected chi connectivity index (χ3v) is 5.04. The maximum absolute atomic E-state index is 6.03. The second-order valence-electron chi connectivity index (χ2n) is 6.08. The van der Waals surface area contributed by atoms with Crippen LogP contribution in [0.1, 0.15) is 57.8 Å². The van der Waals surface area contributed by atoms with Crippen molar-refractivity contribution in [1.29, 1.82) is 0 Å². The van der Waals surface area contributed by atoms with Gasteiger partial charge in [-0.15, -0.1) is 0 Å². The van der Waals surface area contributed by atoms with Crippen molar-refractivity contribution < 1.29 is 0 Å². The van der Waals surface area contributed by atoms with Crippen molar-refractivity contribution in [2.24, 2.45) is 11.1 Å². The summed E-state index contributed by atoms with van der Waals surface area (Å²) in [6, 6.07) is 0.887. The van der Waals surface area contributed by atoms with E-state index in [4.69, 9.17) is 5.73 Å². The fraction of sp³-hybridized carbons (Fsp3) is 1.00. The zero-order valence-corrected chi connectivity index (χ0v) is 10.9. The van der Waals surface area contributed by atoms with Crippen molar-refractivity contribution in [3.05, 3.63) is 0 Å². The molecule has 0 aromatic heterocycles. The van der Waals surface area contributed by atoms with Gasteiger partial charge in [0.15, 0.2) is 0 Å². The first-order chi connectivity index (χ1) is 7.76. The van der Waals surface area contributed by atoms with E-state index in [2.05, 4.69) is 11.9 Å². The Morgan fingerprint density at radius 1 is 1.12 bits per heavy atom. The normalized spacial score (nSPS) is 25.7. The molecule has 0 radical (unpaired) electrons. The van der Waals surface area contributed by atoms with Gasteiger partial charge >= 0.3 is 0 Å². The molecule has 0 unspecified atom stereocenters. The second-order valence-corrected chi connectivity index (χ2v) is 6.08. The fourth-order valence-electron chi connectivity index (χ4n) is 3.28. The van der Waals surface area contributed by atoms with Gasteiger partial charge in [-0.25, -0.2) is 0 Å². The highest BCUT2D eigenvalue weighted by Gasteiger charge is 2.31. The molecule has 2 saturated carbocycles. The van der Waals surface area contributed by atoms with Gasteiger partial charge in [0.2, 0.25) is 0 Å². The average molecular weight is 224 g/mol. The van der Waals surface area contributed by atoms with Gasteiger partial charge in [0.05, 0.1) is 0 Å². The topological polar surface area (TPSA) is 29.3 Å².